The molecule has 0 spiro atoms. The first-order chi connectivity index (χ1) is 6.91. The standard InChI is InChI=1S/C10H19NO4/c1-6-7(12)4-8(13)9(15-6)5-10(14)11(2)3/h6-9,12-13H,4-5H2,1-3H3/t6-,7+,8+,9?/m0/s1. The summed E-state index contributed by atoms with van der Waals surface area (Å²) >= 11 is 0. The Morgan fingerprint density at radius 3 is 2.53 bits per heavy atom. The van der Waals surface area contributed by atoms with Crippen LogP contribution in [-0.4, -0.2) is 59.5 Å². The second-order valence-electron chi connectivity index (χ2n) is 4.24. The van der Waals surface area contributed by atoms with E-state index in [1.54, 1.807) is 21.0 Å². The first kappa shape index (κ1) is 12.4. The molecule has 0 aromatic heterocycles. The Balaban J connectivity index is 2.51. The maximum Gasteiger partial charge on any atom is 0.224 e. The summed E-state index contributed by atoms with van der Waals surface area (Å²) in [7, 11) is 3.33. The molecule has 5 nitrogen and oxygen atoms in total. The van der Waals surface area contributed by atoms with Crippen LogP contribution in [0.15, 0.2) is 0 Å². The van der Waals surface area contributed by atoms with Gasteiger partial charge in [0.25, 0.3) is 0 Å². The van der Waals surface area contributed by atoms with Crippen molar-refractivity contribution in [3.8, 4) is 0 Å². The van der Waals surface area contributed by atoms with Gasteiger partial charge >= 0.3 is 0 Å². The molecule has 0 saturated carbocycles. The van der Waals surface area contributed by atoms with Crippen LogP contribution in [-0.2, 0) is 9.53 Å². The summed E-state index contributed by atoms with van der Waals surface area (Å²) in [6.45, 7) is 1.74. The lowest BCUT2D eigenvalue weighted by Gasteiger charge is -2.35. The van der Waals surface area contributed by atoms with Crippen LogP contribution in [0, 0.1) is 0 Å². The minimum atomic E-state index is -0.764. The summed E-state index contributed by atoms with van der Waals surface area (Å²) in [6.07, 6.45) is -1.81. The van der Waals surface area contributed by atoms with E-state index in [1.807, 2.05) is 0 Å². The highest BCUT2D eigenvalue weighted by molar-refractivity contribution is 5.76. The van der Waals surface area contributed by atoms with Gasteiger partial charge in [-0.3, -0.25) is 4.79 Å². The van der Waals surface area contributed by atoms with E-state index in [4.69, 9.17) is 4.74 Å². The van der Waals surface area contributed by atoms with Gasteiger partial charge in [-0.25, -0.2) is 0 Å². The van der Waals surface area contributed by atoms with Crippen LogP contribution in [0.2, 0.25) is 0 Å². The number of hydrogen-bond acceptors (Lipinski definition) is 4. The Kier molecular flexibility index (Phi) is 4.07. The molecule has 1 fully saturated rings. The van der Waals surface area contributed by atoms with Gasteiger partial charge in [0.15, 0.2) is 0 Å². The van der Waals surface area contributed by atoms with Gasteiger partial charge in [0.1, 0.15) is 0 Å². The third-order valence-electron chi connectivity index (χ3n) is 2.72. The first-order valence-corrected chi connectivity index (χ1v) is 5.13. The van der Waals surface area contributed by atoms with Crippen molar-refractivity contribution in [2.75, 3.05) is 14.1 Å². The Hall–Kier alpha value is -0.650. The monoisotopic (exact) mass is 217 g/mol. The normalized spacial score (nSPS) is 36.3. The van der Waals surface area contributed by atoms with E-state index in [2.05, 4.69) is 0 Å². The minimum absolute atomic E-state index is 0.0809. The number of hydrogen-bond donors (Lipinski definition) is 2. The quantitative estimate of drug-likeness (QED) is 0.645. The van der Waals surface area contributed by atoms with Gasteiger partial charge in [-0.2, -0.15) is 0 Å². The highest BCUT2D eigenvalue weighted by Crippen LogP contribution is 2.22. The Morgan fingerprint density at radius 2 is 2.00 bits per heavy atom. The zero-order valence-electron chi connectivity index (χ0n) is 9.38. The molecular formula is C10H19NO4. The summed E-state index contributed by atoms with van der Waals surface area (Å²) in [4.78, 5) is 12.9. The molecule has 1 aliphatic heterocycles. The summed E-state index contributed by atoms with van der Waals surface area (Å²) in [5.74, 6) is -0.0809. The first-order valence-electron chi connectivity index (χ1n) is 5.13. The van der Waals surface area contributed by atoms with Crippen LogP contribution in [0.25, 0.3) is 0 Å². The van der Waals surface area contributed by atoms with E-state index in [0.717, 1.165) is 0 Å². The largest absolute Gasteiger partial charge is 0.390 e. The second-order valence-corrected chi connectivity index (χ2v) is 4.24. The van der Waals surface area contributed by atoms with Crippen LogP contribution in [0.5, 0.6) is 0 Å². The smallest absolute Gasteiger partial charge is 0.224 e. The van der Waals surface area contributed by atoms with E-state index >= 15 is 0 Å². The summed E-state index contributed by atoms with van der Waals surface area (Å²) < 4.78 is 5.38. The van der Waals surface area contributed by atoms with Gasteiger partial charge < -0.3 is 19.8 Å². The van der Waals surface area contributed by atoms with Crippen LogP contribution in [0.4, 0.5) is 0 Å². The maximum absolute atomic E-state index is 11.4. The maximum atomic E-state index is 11.4. The molecule has 0 aliphatic carbocycles. The van der Waals surface area contributed by atoms with Gasteiger partial charge in [-0.15, -0.1) is 0 Å². The Morgan fingerprint density at radius 1 is 1.40 bits per heavy atom. The lowest BCUT2D eigenvalue weighted by atomic mass is 9.97. The van der Waals surface area contributed by atoms with Gasteiger partial charge in [-0.1, -0.05) is 0 Å². The summed E-state index contributed by atoms with van der Waals surface area (Å²) in [5.41, 5.74) is 0. The SMILES string of the molecule is C[C@@H]1OC(CC(=O)N(C)C)[C@H](O)C[C@H]1O. The summed E-state index contributed by atoms with van der Waals surface area (Å²) in [5, 5.41) is 19.1. The summed E-state index contributed by atoms with van der Waals surface area (Å²) in [6, 6.07) is 0. The van der Waals surface area contributed by atoms with Crippen LogP contribution in [0.3, 0.4) is 0 Å². The molecule has 2 N–H and O–H groups in total. The minimum Gasteiger partial charge on any atom is -0.390 e. The lowest BCUT2D eigenvalue weighted by molar-refractivity contribution is -0.170. The van der Waals surface area contributed by atoms with E-state index in [9.17, 15) is 15.0 Å². The van der Waals surface area contributed by atoms with Crippen molar-refractivity contribution in [2.24, 2.45) is 0 Å². The Labute approximate surface area is 89.6 Å². The molecular weight excluding hydrogens is 198 g/mol. The number of carbonyl (C=O) groups is 1. The average Bonchev–Trinajstić information content (AvgIpc) is 2.13. The second kappa shape index (κ2) is 4.92. The molecule has 0 aromatic rings. The topological polar surface area (TPSA) is 70.0 Å². The van der Waals surface area contributed by atoms with Crippen molar-refractivity contribution in [3.05, 3.63) is 0 Å². The molecule has 88 valence electrons. The van der Waals surface area contributed by atoms with E-state index in [0.29, 0.717) is 0 Å². The third kappa shape index (κ3) is 3.15. The van der Waals surface area contributed by atoms with Crippen molar-refractivity contribution in [1.29, 1.82) is 0 Å². The molecule has 1 heterocycles. The molecule has 0 radical (unpaired) electrons. The Bertz CT molecular complexity index is 231. The van der Waals surface area contributed by atoms with E-state index in [1.165, 1.54) is 4.90 Å². The molecule has 1 unspecified atom stereocenters. The highest BCUT2D eigenvalue weighted by atomic mass is 16.5. The molecule has 1 aliphatic rings. The molecule has 0 aromatic carbocycles. The fourth-order valence-electron chi connectivity index (χ4n) is 1.59. The molecule has 15 heavy (non-hydrogen) atoms. The van der Waals surface area contributed by atoms with Crippen molar-refractivity contribution >= 4 is 5.91 Å². The van der Waals surface area contributed by atoms with Gasteiger partial charge in [-0.05, 0) is 6.92 Å². The number of rotatable bonds is 2. The van der Waals surface area contributed by atoms with Crippen LogP contribution < -0.4 is 0 Å². The third-order valence-corrected chi connectivity index (χ3v) is 2.72. The van der Waals surface area contributed by atoms with Crippen molar-refractivity contribution in [1.82, 2.24) is 4.90 Å². The number of aliphatic hydroxyl groups is 2. The van der Waals surface area contributed by atoms with Crippen molar-refractivity contribution in [2.45, 2.75) is 44.2 Å². The van der Waals surface area contributed by atoms with Crippen molar-refractivity contribution < 1.29 is 19.7 Å². The number of amides is 1. The number of aliphatic hydroxyl groups excluding tert-OH is 2. The lowest BCUT2D eigenvalue weighted by Crippen LogP contribution is -2.47. The average molecular weight is 217 g/mol. The van der Waals surface area contributed by atoms with Gasteiger partial charge in [0.2, 0.25) is 5.91 Å². The fraction of sp³-hybridized carbons (Fsp3) is 0.900. The molecule has 5 heteroatoms. The molecule has 4 atom stereocenters. The zero-order valence-corrected chi connectivity index (χ0v) is 9.38. The molecule has 0 bridgehead atoms. The number of carbonyl (C=O) groups excluding carboxylic acids is 1. The zero-order chi connectivity index (χ0) is 11.6. The van der Waals surface area contributed by atoms with Gasteiger partial charge in [0, 0.05) is 20.5 Å². The van der Waals surface area contributed by atoms with Crippen LogP contribution >= 0.6 is 0 Å². The van der Waals surface area contributed by atoms with E-state index in [-0.39, 0.29) is 24.9 Å². The molecule has 1 amide bonds. The highest BCUT2D eigenvalue weighted by Gasteiger charge is 2.35. The predicted octanol–water partition coefficient (Wildman–Crippen LogP) is -0.636. The molecule has 1 saturated heterocycles. The molecule has 1 rings (SSSR count). The van der Waals surface area contributed by atoms with Crippen molar-refractivity contribution in [3.63, 3.8) is 0 Å². The predicted molar refractivity (Wildman–Crippen MR) is 54.3 cm³/mol. The van der Waals surface area contributed by atoms with Crippen LogP contribution in [0.1, 0.15) is 19.8 Å². The van der Waals surface area contributed by atoms with Gasteiger partial charge in [0.05, 0.1) is 30.8 Å². The van der Waals surface area contributed by atoms with E-state index < -0.39 is 18.3 Å². The fourth-order valence-corrected chi connectivity index (χ4v) is 1.59. The number of ether oxygens (including phenoxy) is 1. The number of nitrogens with zero attached hydrogens (tertiary/aromatic N) is 1.